The van der Waals surface area contributed by atoms with Crippen molar-refractivity contribution in [2.75, 3.05) is 13.1 Å². The van der Waals surface area contributed by atoms with Crippen molar-refractivity contribution in [1.82, 2.24) is 4.90 Å². The van der Waals surface area contributed by atoms with Crippen LogP contribution in [0, 0.1) is 5.92 Å². The molecule has 1 aliphatic rings. The Morgan fingerprint density at radius 2 is 2.00 bits per heavy atom. The summed E-state index contributed by atoms with van der Waals surface area (Å²) in [5.41, 5.74) is 6.13. The smallest absolute Gasteiger partial charge is 0.0193 e. The third kappa shape index (κ3) is 3.28. The van der Waals surface area contributed by atoms with E-state index in [0.29, 0.717) is 12.0 Å². The molecule has 0 spiro atoms. The first-order valence-electron chi connectivity index (χ1n) is 5.68. The zero-order chi connectivity index (χ0) is 9.84. The van der Waals surface area contributed by atoms with Crippen LogP contribution >= 0.6 is 0 Å². The molecule has 1 aliphatic carbocycles. The van der Waals surface area contributed by atoms with Crippen molar-refractivity contribution in [1.29, 1.82) is 0 Å². The lowest BCUT2D eigenvalue weighted by atomic mass is 9.99. The van der Waals surface area contributed by atoms with Crippen LogP contribution in [-0.4, -0.2) is 30.1 Å². The minimum absolute atomic E-state index is 0.366. The van der Waals surface area contributed by atoms with Gasteiger partial charge in [-0.2, -0.15) is 0 Å². The highest BCUT2D eigenvalue weighted by molar-refractivity contribution is 4.86. The molecule has 1 saturated carbocycles. The van der Waals surface area contributed by atoms with Crippen molar-refractivity contribution in [2.45, 2.75) is 52.1 Å². The van der Waals surface area contributed by atoms with Crippen LogP contribution in [0.25, 0.3) is 0 Å². The third-order valence-electron chi connectivity index (χ3n) is 3.29. The van der Waals surface area contributed by atoms with E-state index in [0.717, 1.165) is 19.1 Å². The molecule has 78 valence electrons. The van der Waals surface area contributed by atoms with E-state index in [9.17, 15) is 0 Å². The van der Waals surface area contributed by atoms with Gasteiger partial charge in [-0.25, -0.2) is 0 Å². The predicted octanol–water partition coefficient (Wildman–Crippen LogP) is 1.84. The molecule has 13 heavy (non-hydrogen) atoms. The quantitative estimate of drug-likeness (QED) is 0.682. The first-order valence-corrected chi connectivity index (χ1v) is 5.68. The maximum Gasteiger partial charge on any atom is 0.0193 e. The van der Waals surface area contributed by atoms with Crippen molar-refractivity contribution in [3.63, 3.8) is 0 Å². The van der Waals surface area contributed by atoms with E-state index in [2.05, 4.69) is 25.7 Å². The largest absolute Gasteiger partial charge is 0.326 e. The first-order chi connectivity index (χ1) is 6.19. The van der Waals surface area contributed by atoms with E-state index in [4.69, 9.17) is 5.73 Å². The maximum absolute atomic E-state index is 6.13. The van der Waals surface area contributed by atoms with Gasteiger partial charge in [-0.05, 0) is 25.3 Å². The third-order valence-corrected chi connectivity index (χ3v) is 3.29. The lowest BCUT2D eigenvalue weighted by Gasteiger charge is -2.27. The molecule has 0 bridgehead atoms. The van der Waals surface area contributed by atoms with E-state index in [1.807, 2.05) is 0 Å². The molecule has 2 atom stereocenters. The molecule has 0 aromatic heterocycles. The van der Waals surface area contributed by atoms with Gasteiger partial charge in [0.2, 0.25) is 0 Å². The first kappa shape index (κ1) is 11.0. The van der Waals surface area contributed by atoms with Crippen molar-refractivity contribution in [3.8, 4) is 0 Å². The highest BCUT2D eigenvalue weighted by Crippen LogP contribution is 2.26. The maximum atomic E-state index is 6.13. The number of hydrogen-bond acceptors (Lipinski definition) is 2. The molecule has 2 unspecified atom stereocenters. The topological polar surface area (TPSA) is 29.3 Å². The number of hydrogen-bond donors (Lipinski definition) is 1. The Morgan fingerprint density at radius 3 is 2.38 bits per heavy atom. The van der Waals surface area contributed by atoms with Gasteiger partial charge in [0, 0.05) is 18.6 Å². The van der Waals surface area contributed by atoms with Crippen molar-refractivity contribution >= 4 is 0 Å². The summed E-state index contributed by atoms with van der Waals surface area (Å²) in [6.45, 7) is 8.97. The van der Waals surface area contributed by atoms with Crippen LogP contribution in [-0.2, 0) is 0 Å². The molecule has 0 aliphatic heterocycles. The zero-order valence-corrected chi connectivity index (χ0v) is 9.29. The summed E-state index contributed by atoms with van der Waals surface area (Å²) in [7, 11) is 0. The molecule has 1 rings (SSSR count). The van der Waals surface area contributed by atoms with E-state index < -0.39 is 0 Å². The van der Waals surface area contributed by atoms with Crippen molar-refractivity contribution in [3.05, 3.63) is 0 Å². The Kier molecular flexibility index (Phi) is 4.20. The summed E-state index contributed by atoms with van der Waals surface area (Å²) < 4.78 is 0. The second-order valence-electron chi connectivity index (χ2n) is 4.37. The van der Waals surface area contributed by atoms with Gasteiger partial charge in [-0.1, -0.05) is 27.2 Å². The molecular weight excluding hydrogens is 160 g/mol. The predicted molar refractivity (Wildman–Crippen MR) is 57.7 cm³/mol. The average molecular weight is 184 g/mol. The molecule has 1 fully saturated rings. The number of likely N-dealkylation sites (N-methyl/N-ethyl adjacent to an activating group) is 1. The van der Waals surface area contributed by atoms with Gasteiger partial charge in [0.05, 0.1) is 0 Å². The molecule has 2 heteroatoms. The van der Waals surface area contributed by atoms with Gasteiger partial charge in [-0.15, -0.1) is 0 Å². The van der Waals surface area contributed by atoms with Crippen LogP contribution in [0.5, 0.6) is 0 Å². The summed E-state index contributed by atoms with van der Waals surface area (Å²) in [4.78, 5) is 2.54. The van der Waals surface area contributed by atoms with E-state index in [-0.39, 0.29) is 0 Å². The molecule has 0 heterocycles. The molecule has 0 aromatic carbocycles. The van der Waals surface area contributed by atoms with Crippen LogP contribution in [0.2, 0.25) is 0 Å². The van der Waals surface area contributed by atoms with Crippen LogP contribution in [0.3, 0.4) is 0 Å². The van der Waals surface area contributed by atoms with Gasteiger partial charge in [0.25, 0.3) is 0 Å². The monoisotopic (exact) mass is 184 g/mol. The van der Waals surface area contributed by atoms with Gasteiger partial charge in [-0.3, -0.25) is 4.90 Å². The minimum atomic E-state index is 0.366. The van der Waals surface area contributed by atoms with E-state index in [1.165, 1.54) is 19.3 Å². The number of nitrogens with zero attached hydrogens (tertiary/aromatic N) is 1. The average Bonchev–Trinajstić information content (AvgIpc) is 2.95. The summed E-state index contributed by atoms with van der Waals surface area (Å²) in [5, 5.41) is 0. The lowest BCUT2D eigenvalue weighted by molar-refractivity contribution is 0.233. The number of rotatable bonds is 6. The van der Waals surface area contributed by atoms with Gasteiger partial charge in [0.1, 0.15) is 0 Å². The van der Waals surface area contributed by atoms with Crippen LogP contribution in [0.15, 0.2) is 0 Å². The Bertz CT molecular complexity index is 143. The number of nitrogens with two attached hydrogens (primary N) is 1. The molecule has 0 aromatic rings. The fraction of sp³-hybridized carbons (Fsp3) is 1.00. The summed E-state index contributed by atoms with van der Waals surface area (Å²) >= 11 is 0. The Hall–Kier alpha value is -0.0800. The fourth-order valence-corrected chi connectivity index (χ4v) is 1.73. The normalized spacial score (nSPS) is 21.9. The SMILES string of the molecule is CCC(C)C(N)CN(CC)C1CC1. The van der Waals surface area contributed by atoms with Crippen molar-refractivity contribution < 1.29 is 0 Å². The van der Waals surface area contributed by atoms with E-state index in [1.54, 1.807) is 0 Å². The summed E-state index contributed by atoms with van der Waals surface area (Å²) in [6.07, 6.45) is 3.98. The Morgan fingerprint density at radius 1 is 1.38 bits per heavy atom. The Balaban J connectivity index is 2.27. The molecule has 0 amide bonds. The van der Waals surface area contributed by atoms with Gasteiger partial charge in [0.15, 0.2) is 0 Å². The molecular formula is C11H24N2. The molecule has 2 nitrogen and oxygen atoms in total. The van der Waals surface area contributed by atoms with Gasteiger partial charge < -0.3 is 5.73 Å². The summed E-state index contributed by atoms with van der Waals surface area (Å²) in [6, 6.07) is 1.23. The highest BCUT2D eigenvalue weighted by atomic mass is 15.2. The molecule has 0 saturated heterocycles. The fourth-order valence-electron chi connectivity index (χ4n) is 1.73. The second-order valence-corrected chi connectivity index (χ2v) is 4.37. The van der Waals surface area contributed by atoms with Crippen LogP contribution in [0.4, 0.5) is 0 Å². The van der Waals surface area contributed by atoms with Crippen LogP contribution < -0.4 is 5.73 Å². The standard InChI is InChI=1S/C11H24N2/c1-4-9(3)11(12)8-13(5-2)10-6-7-10/h9-11H,4-8,12H2,1-3H3. The lowest BCUT2D eigenvalue weighted by Crippen LogP contribution is -2.42. The van der Waals surface area contributed by atoms with Crippen molar-refractivity contribution in [2.24, 2.45) is 11.7 Å². The molecule has 0 radical (unpaired) electrons. The minimum Gasteiger partial charge on any atom is -0.326 e. The second kappa shape index (κ2) is 4.97. The van der Waals surface area contributed by atoms with Crippen LogP contribution in [0.1, 0.15) is 40.0 Å². The zero-order valence-electron chi connectivity index (χ0n) is 9.29. The highest BCUT2D eigenvalue weighted by Gasteiger charge is 2.29. The Labute approximate surface area is 82.5 Å². The van der Waals surface area contributed by atoms with E-state index >= 15 is 0 Å². The summed E-state index contributed by atoms with van der Waals surface area (Å²) in [5.74, 6) is 0.660. The molecule has 2 N–H and O–H groups in total. The van der Waals surface area contributed by atoms with Gasteiger partial charge >= 0.3 is 0 Å².